The Balaban J connectivity index is 1.96. The summed E-state index contributed by atoms with van der Waals surface area (Å²) in [6, 6.07) is 7.08. The molecule has 0 aliphatic heterocycles. The van der Waals surface area contributed by atoms with Crippen LogP contribution in [0.4, 0.5) is 5.69 Å². The normalized spacial score (nSPS) is 10.1. The number of aromatic nitrogens is 2. The summed E-state index contributed by atoms with van der Waals surface area (Å²) < 4.78 is 0. The molecule has 0 spiro atoms. The van der Waals surface area contributed by atoms with Crippen LogP contribution in [0.2, 0.25) is 0 Å². The summed E-state index contributed by atoms with van der Waals surface area (Å²) in [5.74, 6) is -0.226. The van der Waals surface area contributed by atoms with Crippen molar-refractivity contribution in [3.63, 3.8) is 0 Å². The van der Waals surface area contributed by atoms with Gasteiger partial charge < -0.3 is 11.1 Å². The second kappa shape index (κ2) is 5.27. The molecule has 2 aromatic rings. The quantitative estimate of drug-likeness (QED) is 0.850. The SMILES string of the molecule is Cc1ccc(CNC(=O)c2ccc(N)cn2)cn1. The highest BCUT2D eigenvalue weighted by Gasteiger charge is 2.06. The highest BCUT2D eigenvalue weighted by atomic mass is 16.1. The zero-order valence-corrected chi connectivity index (χ0v) is 10.1. The minimum Gasteiger partial charge on any atom is -0.397 e. The van der Waals surface area contributed by atoms with E-state index in [1.54, 1.807) is 18.3 Å². The fourth-order valence-electron chi connectivity index (χ4n) is 1.42. The van der Waals surface area contributed by atoms with Crippen molar-refractivity contribution in [3.8, 4) is 0 Å². The molecule has 0 atom stereocenters. The van der Waals surface area contributed by atoms with Gasteiger partial charge in [0, 0.05) is 18.4 Å². The maximum Gasteiger partial charge on any atom is 0.270 e. The molecule has 5 nitrogen and oxygen atoms in total. The molecule has 2 aromatic heterocycles. The fraction of sp³-hybridized carbons (Fsp3) is 0.154. The summed E-state index contributed by atoms with van der Waals surface area (Å²) in [4.78, 5) is 19.9. The third-order valence-corrected chi connectivity index (χ3v) is 2.44. The highest BCUT2D eigenvalue weighted by Crippen LogP contribution is 2.02. The van der Waals surface area contributed by atoms with Crippen molar-refractivity contribution in [3.05, 3.63) is 53.6 Å². The molecule has 0 aliphatic rings. The van der Waals surface area contributed by atoms with Crippen LogP contribution in [-0.2, 0) is 6.54 Å². The minimum absolute atomic E-state index is 0.226. The third kappa shape index (κ3) is 3.04. The fourth-order valence-corrected chi connectivity index (χ4v) is 1.42. The molecule has 0 saturated carbocycles. The Morgan fingerprint density at radius 1 is 1.22 bits per heavy atom. The van der Waals surface area contributed by atoms with Gasteiger partial charge in [-0.1, -0.05) is 6.07 Å². The number of aryl methyl sites for hydroxylation is 1. The molecule has 0 bridgehead atoms. The van der Waals surface area contributed by atoms with Crippen LogP contribution < -0.4 is 11.1 Å². The second-order valence-electron chi connectivity index (χ2n) is 3.97. The number of pyridine rings is 2. The van der Waals surface area contributed by atoms with Crippen molar-refractivity contribution >= 4 is 11.6 Å². The van der Waals surface area contributed by atoms with Gasteiger partial charge in [0.2, 0.25) is 0 Å². The van der Waals surface area contributed by atoms with E-state index in [2.05, 4.69) is 15.3 Å². The lowest BCUT2D eigenvalue weighted by Crippen LogP contribution is -2.23. The van der Waals surface area contributed by atoms with Crippen molar-refractivity contribution in [1.29, 1.82) is 0 Å². The molecule has 0 unspecified atom stereocenters. The summed E-state index contributed by atoms with van der Waals surface area (Å²) in [6.45, 7) is 2.35. The number of rotatable bonds is 3. The van der Waals surface area contributed by atoms with Crippen molar-refractivity contribution in [2.75, 3.05) is 5.73 Å². The summed E-state index contributed by atoms with van der Waals surface area (Å²) in [5, 5.41) is 2.77. The summed E-state index contributed by atoms with van der Waals surface area (Å²) in [7, 11) is 0. The number of hydrogen-bond acceptors (Lipinski definition) is 4. The standard InChI is InChI=1S/C13H14N4O/c1-9-2-3-10(6-15-9)7-17-13(18)12-5-4-11(14)8-16-12/h2-6,8H,7,14H2,1H3,(H,17,18). The molecule has 3 N–H and O–H groups in total. The predicted molar refractivity (Wildman–Crippen MR) is 68.8 cm³/mol. The summed E-state index contributed by atoms with van der Waals surface area (Å²) in [6.07, 6.45) is 3.20. The molecular weight excluding hydrogens is 228 g/mol. The van der Waals surface area contributed by atoms with Gasteiger partial charge >= 0.3 is 0 Å². The van der Waals surface area contributed by atoms with E-state index in [0.717, 1.165) is 11.3 Å². The van der Waals surface area contributed by atoms with Gasteiger partial charge in [-0.2, -0.15) is 0 Å². The molecule has 5 heteroatoms. The highest BCUT2D eigenvalue weighted by molar-refractivity contribution is 5.92. The van der Waals surface area contributed by atoms with Gasteiger partial charge in [-0.3, -0.25) is 9.78 Å². The number of anilines is 1. The van der Waals surface area contributed by atoms with Crippen LogP contribution in [-0.4, -0.2) is 15.9 Å². The smallest absolute Gasteiger partial charge is 0.270 e. The van der Waals surface area contributed by atoms with E-state index in [0.29, 0.717) is 17.9 Å². The van der Waals surface area contributed by atoms with E-state index < -0.39 is 0 Å². The first-order chi connectivity index (χ1) is 8.65. The molecule has 0 aliphatic carbocycles. The van der Waals surface area contributed by atoms with Gasteiger partial charge in [0.15, 0.2) is 0 Å². The minimum atomic E-state index is -0.226. The molecular formula is C13H14N4O. The number of amides is 1. The van der Waals surface area contributed by atoms with Gasteiger partial charge in [0.05, 0.1) is 11.9 Å². The van der Waals surface area contributed by atoms with E-state index in [4.69, 9.17) is 5.73 Å². The lowest BCUT2D eigenvalue weighted by molar-refractivity contribution is 0.0946. The van der Waals surface area contributed by atoms with E-state index >= 15 is 0 Å². The van der Waals surface area contributed by atoms with Crippen LogP contribution in [0.1, 0.15) is 21.7 Å². The van der Waals surface area contributed by atoms with Gasteiger partial charge in [-0.15, -0.1) is 0 Å². The largest absolute Gasteiger partial charge is 0.397 e. The summed E-state index contributed by atoms with van der Waals surface area (Å²) >= 11 is 0. The molecule has 2 heterocycles. The Labute approximate surface area is 105 Å². The van der Waals surface area contributed by atoms with E-state index in [1.807, 2.05) is 19.1 Å². The maximum absolute atomic E-state index is 11.8. The molecule has 0 radical (unpaired) electrons. The predicted octanol–water partition coefficient (Wildman–Crippen LogP) is 1.30. The molecule has 0 saturated heterocycles. The number of carbonyl (C=O) groups excluding carboxylic acids is 1. The number of nitrogens with two attached hydrogens (primary N) is 1. The van der Waals surface area contributed by atoms with Crippen LogP contribution in [0, 0.1) is 6.92 Å². The first kappa shape index (κ1) is 12.0. The van der Waals surface area contributed by atoms with Crippen molar-refractivity contribution < 1.29 is 4.79 Å². The van der Waals surface area contributed by atoms with Gasteiger partial charge in [-0.25, -0.2) is 4.98 Å². The first-order valence-electron chi connectivity index (χ1n) is 5.56. The Morgan fingerprint density at radius 2 is 2.06 bits per heavy atom. The topological polar surface area (TPSA) is 80.9 Å². The maximum atomic E-state index is 11.8. The van der Waals surface area contributed by atoms with Crippen molar-refractivity contribution in [2.45, 2.75) is 13.5 Å². The zero-order valence-electron chi connectivity index (χ0n) is 10.1. The van der Waals surface area contributed by atoms with Gasteiger partial charge in [0.25, 0.3) is 5.91 Å². The number of hydrogen-bond donors (Lipinski definition) is 2. The molecule has 18 heavy (non-hydrogen) atoms. The van der Waals surface area contributed by atoms with Gasteiger partial charge in [-0.05, 0) is 30.7 Å². The van der Waals surface area contributed by atoms with Crippen LogP contribution >= 0.6 is 0 Å². The van der Waals surface area contributed by atoms with Crippen LogP contribution in [0.25, 0.3) is 0 Å². The Hall–Kier alpha value is -2.43. The van der Waals surface area contributed by atoms with E-state index in [9.17, 15) is 4.79 Å². The molecule has 92 valence electrons. The van der Waals surface area contributed by atoms with Gasteiger partial charge in [0.1, 0.15) is 5.69 Å². The molecule has 2 rings (SSSR count). The van der Waals surface area contributed by atoms with Crippen LogP contribution in [0.3, 0.4) is 0 Å². The third-order valence-electron chi connectivity index (χ3n) is 2.44. The molecule has 0 aromatic carbocycles. The van der Waals surface area contributed by atoms with Crippen LogP contribution in [0.15, 0.2) is 36.7 Å². The lowest BCUT2D eigenvalue weighted by atomic mass is 10.2. The lowest BCUT2D eigenvalue weighted by Gasteiger charge is -2.05. The Morgan fingerprint density at radius 3 is 2.67 bits per heavy atom. The Bertz CT molecular complexity index is 534. The average Bonchev–Trinajstić information content (AvgIpc) is 2.38. The van der Waals surface area contributed by atoms with E-state index in [-0.39, 0.29) is 5.91 Å². The van der Waals surface area contributed by atoms with Crippen LogP contribution in [0.5, 0.6) is 0 Å². The number of nitrogen functional groups attached to an aromatic ring is 1. The number of nitrogens with one attached hydrogen (secondary N) is 1. The monoisotopic (exact) mass is 242 g/mol. The number of nitrogens with zero attached hydrogens (tertiary/aromatic N) is 2. The number of carbonyl (C=O) groups is 1. The van der Waals surface area contributed by atoms with E-state index in [1.165, 1.54) is 6.20 Å². The summed E-state index contributed by atoms with van der Waals surface area (Å²) in [5.41, 5.74) is 8.29. The molecule has 1 amide bonds. The zero-order chi connectivity index (χ0) is 13.0. The Kier molecular flexibility index (Phi) is 3.52. The second-order valence-corrected chi connectivity index (χ2v) is 3.97. The average molecular weight is 242 g/mol. The first-order valence-corrected chi connectivity index (χ1v) is 5.56. The van der Waals surface area contributed by atoms with Crippen molar-refractivity contribution in [2.24, 2.45) is 0 Å². The van der Waals surface area contributed by atoms with Crippen molar-refractivity contribution in [1.82, 2.24) is 15.3 Å². The molecule has 0 fully saturated rings.